The van der Waals surface area contributed by atoms with E-state index in [-0.39, 0.29) is 0 Å². The van der Waals surface area contributed by atoms with E-state index in [1.165, 1.54) is 18.4 Å². The summed E-state index contributed by atoms with van der Waals surface area (Å²) in [5.74, 6) is 2.99. The Morgan fingerprint density at radius 3 is 3.08 bits per heavy atom. The number of aliphatic imine (C=N–C) groups is 1. The van der Waals surface area contributed by atoms with Crippen LogP contribution in [0, 0.1) is 5.92 Å². The van der Waals surface area contributed by atoms with Gasteiger partial charge >= 0.3 is 0 Å². The molecule has 1 saturated carbocycles. The van der Waals surface area contributed by atoms with E-state index in [0.29, 0.717) is 12.5 Å². The van der Waals surface area contributed by atoms with Gasteiger partial charge in [0.2, 0.25) is 5.95 Å². The van der Waals surface area contributed by atoms with Crippen molar-refractivity contribution in [2.75, 3.05) is 17.2 Å². The molecule has 1 fully saturated rings. The first kappa shape index (κ1) is 15.1. The molecule has 3 heterocycles. The van der Waals surface area contributed by atoms with Crippen molar-refractivity contribution in [1.82, 2.24) is 20.2 Å². The number of rotatable bonds is 5. The van der Waals surface area contributed by atoms with Crippen LogP contribution in [-0.2, 0) is 6.54 Å². The van der Waals surface area contributed by atoms with Gasteiger partial charge in [0.25, 0.3) is 0 Å². The first-order chi connectivity index (χ1) is 12.8. The summed E-state index contributed by atoms with van der Waals surface area (Å²) in [5.41, 5.74) is 3.62. The minimum Gasteiger partial charge on any atom is -0.350 e. The topological polar surface area (TPSA) is 90.9 Å². The quantitative estimate of drug-likeness (QED) is 0.661. The summed E-state index contributed by atoms with van der Waals surface area (Å²) in [6.07, 6.45) is 8.35. The van der Waals surface area contributed by atoms with Crippen LogP contribution in [0.5, 0.6) is 0 Å². The van der Waals surface area contributed by atoms with Crippen LogP contribution in [0.3, 0.4) is 0 Å². The van der Waals surface area contributed by atoms with Gasteiger partial charge in [-0.3, -0.25) is 10.1 Å². The van der Waals surface area contributed by atoms with Crippen LogP contribution >= 0.6 is 0 Å². The Morgan fingerprint density at radius 1 is 1.19 bits per heavy atom. The molecule has 7 heteroatoms. The van der Waals surface area contributed by atoms with Gasteiger partial charge in [0.15, 0.2) is 0 Å². The van der Waals surface area contributed by atoms with Crippen molar-refractivity contribution < 1.29 is 0 Å². The van der Waals surface area contributed by atoms with Crippen molar-refractivity contribution in [3.8, 4) is 0 Å². The van der Waals surface area contributed by atoms with Crippen LogP contribution in [0.1, 0.15) is 18.4 Å². The van der Waals surface area contributed by atoms with Gasteiger partial charge in [-0.25, -0.2) is 4.98 Å². The monoisotopic (exact) mass is 345 g/mol. The second kappa shape index (κ2) is 6.25. The number of amidine groups is 1. The summed E-state index contributed by atoms with van der Waals surface area (Å²) in [6.45, 7) is 1.47. The average molecular weight is 345 g/mol. The molecule has 1 aliphatic carbocycles. The molecule has 2 aliphatic rings. The Bertz CT molecular complexity index is 1010. The third-order valence-corrected chi connectivity index (χ3v) is 4.72. The predicted octanol–water partition coefficient (Wildman–Crippen LogP) is 3.13. The van der Waals surface area contributed by atoms with Crippen LogP contribution in [0.15, 0.2) is 53.3 Å². The molecule has 0 bridgehead atoms. The molecule has 5 rings (SSSR count). The number of aromatic amines is 1. The fourth-order valence-electron chi connectivity index (χ4n) is 3.15. The van der Waals surface area contributed by atoms with E-state index >= 15 is 0 Å². The molecule has 3 aromatic rings. The van der Waals surface area contributed by atoms with Crippen molar-refractivity contribution >= 4 is 28.5 Å². The van der Waals surface area contributed by atoms with Gasteiger partial charge in [-0.2, -0.15) is 10.1 Å². The fraction of sp³-hybridized carbons (Fsp3) is 0.263. The van der Waals surface area contributed by atoms with E-state index < -0.39 is 0 Å². The summed E-state index contributed by atoms with van der Waals surface area (Å²) >= 11 is 0. The van der Waals surface area contributed by atoms with E-state index in [4.69, 9.17) is 0 Å². The van der Waals surface area contributed by atoms with Gasteiger partial charge in [0.1, 0.15) is 11.7 Å². The molecule has 7 nitrogen and oxygen atoms in total. The molecule has 1 aromatic carbocycles. The summed E-state index contributed by atoms with van der Waals surface area (Å²) in [5, 5.41) is 14.7. The molecule has 1 aliphatic heterocycles. The molecular formula is C19H19N7. The molecule has 0 unspecified atom stereocenters. The van der Waals surface area contributed by atoms with Gasteiger partial charge in [-0.15, -0.1) is 0 Å². The zero-order valence-electron chi connectivity index (χ0n) is 14.2. The first-order valence-corrected chi connectivity index (χ1v) is 8.84. The molecule has 3 N–H and O–H groups in total. The average Bonchev–Trinajstić information content (AvgIpc) is 3.23. The molecule has 2 aromatic heterocycles. The van der Waals surface area contributed by atoms with Gasteiger partial charge in [0.05, 0.1) is 18.3 Å². The van der Waals surface area contributed by atoms with Crippen LogP contribution in [-0.4, -0.2) is 32.5 Å². The molecule has 0 saturated heterocycles. The molecule has 0 spiro atoms. The number of hydrogen-bond acceptors (Lipinski definition) is 6. The largest absolute Gasteiger partial charge is 0.350 e. The Balaban J connectivity index is 1.24. The SMILES string of the molecule is C1=C(C2CC2)CN=C1Nc1ccnc(NCc2ccc3[nH]ncc3c2)n1. The molecule has 0 amide bonds. The van der Waals surface area contributed by atoms with Gasteiger partial charge in [-0.05, 0) is 54.2 Å². The smallest absolute Gasteiger partial charge is 0.224 e. The van der Waals surface area contributed by atoms with E-state index in [1.807, 2.05) is 18.3 Å². The minimum atomic E-state index is 0.590. The van der Waals surface area contributed by atoms with Gasteiger partial charge < -0.3 is 10.6 Å². The van der Waals surface area contributed by atoms with Crippen molar-refractivity contribution in [3.63, 3.8) is 0 Å². The Morgan fingerprint density at radius 2 is 2.15 bits per heavy atom. The fourth-order valence-corrected chi connectivity index (χ4v) is 3.15. The van der Waals surface area contributed by atoms with Crippen molar-refractivity contribution in [3.05, 3.63) is 53.9 Å². The third kappa shape index (κ3) is 3.15. The number of anilines is 2. The van der Waals surface area contributed by atoms with Crippen LogP contribution in [0.4, 0.5) is 11.8 Å². The lowest BCUT2D eigenvalue weighted by atomic mass is 10.1. The number of nitrogens with one attached hydrogen (secondary N) is 3. The number of benzene rings is 1. The zero-order valence-corrected chi connectivity index (χ0v) is 14.2. The number of nitrogens with zero attached hydrogens (tertiary/aromatic N) is 4. The lowest BCUT2D eigenvalue weighted by Crippen LogP contribution is -2.10. The first-order valence-electron chi connectivity index (χ1n) is 8.84. The highest BCUT2D eigenvalue weighted by molar-refractivity contribution is 6.05. The summed E-state index contributed by atoms with van der Waals surface area (Å²) in [7, 11) is 0. The number of hydrogen-bond donors (Lipinski definition) is 3. The maximum absolute atomic E-state index is 4.54. The van der Waals surface area contributed by atoms with E-state index in [1.54, 1.807) is 6.20 Å². The number of H-pyrrole nitrogens is 1. The second-order valence-corrected chi connectivity index (χ2v) is 6.73. The highest BCUT2D eigenvalue weighted by Crippen LogP contribution is 2.37. The highest BCUT2D eigenvalue weighted by Gasteiger charge is 2.27. The lowest BCUT2D eigenvalue weighted by Gasteiger charge is -2.08. The van der Waals surface area contributed by atoms with E-state index in [2.05, 4.69) is 54.0 Å². The molecule has 0 atom stereocenters. The van der Waals surface area contributed by atoms with Crippen LogP contribution in [0.2, 0.25) is 0 Å². The Kier molecular flexibility index (Phi) is 3.62. The maximum Gasteiger partial charge on any atom is 0.224 e. The maximum atomic E-state index is 4.54. The predicted molar refractivity (Wildman–Crippen MR) is 102 cm³/mol. The minimum absolute atomic E-state index is 0.590. The number of aromatic nitrogens is 4. The van der Waals surface area contributed by atoms with Crippen LogP contribution in [0.25, 0.3) is 10.9 Å². The third-order valence-electron chi connectivity index (χ3n) is 4.72. The normalized spacial score (nSPS) is 16.5. The van der Waals surface area contributed by atoms with Crippen molar-refractivity contribution in [2.24, 2.45) is 10.9 Å². The molecular weight excluding hydrogens is 326 g/mol. The summed E-state index contributed by atoms with van der Waals surface area (Å²) < 4.78 is 0. The Hall–Kier alpha value is -3.22. The van der Waals surface area contributed by atoms with Crippen LogP contribution < -0.4 is 10.6 Å². The summed E-state index contributed by atoms with van der Waals surface area (Å²) in [4.78, 5) is 13.4. The van der Waals surface area contributed by atoms with Gasteiger partial charge in [0, 0.05) is 18.1 Å². The summed E-state index contributed by atoms with van der Waals surface area (Å²) in [6, 6.07) is 8.05. The second-order valence-electron chi connectivity index (χ2n) is 6.73. The van der Waals surface area contributed by atoms with E-state index in [9.17, 15) is 0 Å². The lowest BCUT2D eigenvalue weighted by molar-refractivity contribution is 0.959. The number of fused-ring (bicyclic) bond motifs is 1. The van der Waals surface area contributed by atoms with Gasteiger partial charge in [-0.1, -0.05) is 6.07 Å². The zero-order chi connectivity index (χ0) is 17.3. The molecule has 130 valence electrons. The highest BCUT2D eigenvalue weighted by atomic mass is 15.2. The Labute approximate surface area is 150 Å². The van der Waals surface area contributed by atoms with E-state index in [0.717, 1.165) is 40.6 Å². The molecule has 26 heavy (non-hydrogen) atoms. The molecule has 0 radical (unpaired) electrons. The van der Waals surface area contributed by atoms with Crippen molar-refractivity contribution in [1.29, 1.82) is 0 Å². The van der Waals surface area contributed by atoms with Crippen molar-refractivity contribution in [2.45, 2.75) is 19.4 Å². The standard InChI is InChI=1S/C19H19N7/c1-4-16-15(11-23-26-16)7-12(1)9-22-19-20-6-5-17(25-19)24-18-8-14(10-21-18)13-2-3-13/h1,4-8,11,13H,2-3,9-10H2,(H,23,26)(H2,20,21,22,24,25).